The van der Waals surface area contributed by atoms with Gasteiger partial charge in [0.2, 0.25) is 0 Å². The summed E-state index contributed by atoms with van der Waals surface area (Å²) in [5.74, 6) is 5.31. The summed E-state index contributed by atoms with van der Waals surface area (Å²) in [5.41, 5.74) is 3.05. The summed E-state index contributed by atoms with van der Waals surface area (Å²) in [6.07, 6.45) is 17.5. The molecular weight excluding hydrogens is 306 g/mol. The summed E-state index contributed by atoms with van der Waals surface area (Å²) in [7, 11) is 0. The third-order valence-corrected chi connectivity index (χ3v) is 9.46. The molecule has 6 rings (SSSR count). The second kappa shape index (κ2) is 4.88. The zero-order valence-electron chi connectivity index (χ0n) is 15.5. The summed E-state index contributed by atoms with van der Waals surface area (Å²) in [4.78, 5) is 0. The van der Waals surface area contributed by atoms with E-state index in [2.05, 4.69) is 25.2 Å². The lowest BCUT2D eigenvalue weighted by Crippen LogP contribution is -2.56. The number of nitrogens with one attached hydrogen (secondary N) is 1. The zero-order chi connectivity index (χ0) is 16.8. The zero-order valence-corrected chi connectivity index (χ0v) is 15.5. The number of fused-ring (bicyclic) bond motifs is 9. The van der Waals surface area contributed by atoms with Crippen molar-refractivity contribution in [2.24, 2.45) is 40.9 Å². The van der Waals surface area contributed by atoms with Crippen LogP contribution < -0.4 is 0 Å². The lowest BCUT2D eigenvalue weighted by Gasteiger charge is -2.58. The van der Waals surface area contributed by atoms with Crippen molar-refractivity contribution in [3.05, 3.63) is 23.8 Å². The molecule has 6 aliphatic rings. The Balaban J connectivity index is 1.40. The molecule has 2 nitrogen and oxygen atoms in total. The predicted molar refractivity (Wildman–Crippen MR) is 99.6 cm³/mol. The number of hydrogen-bond donors (Lipinski definition) is 1. The molecule has 0 aromatic carbocycles. The van der Waals surface area contributed by atoms with Gasteiger partial charge in [0.15, 0.2) is 0 Å². The second-order valence-electron chi connectivity index (χ2n) is 9.84. The SMILES string of the molecule is CC[C@]12CCC3C(CCC4=CC(=N)CC[C@@H]43)C1C1CC1[C@@]21C=CCO1. The fourth-order valence-electron chi connectivity index (χ4n) is 8.70. The Kier molecular flexibility index (Phi) is 2.97. The molecule has 4 saturated carbocycles. The summed E-state index contributed by atoms with van der Waals surface area (Å²) in [5, 5.41) is 8.07. The van der Waals surface area contributed by atoms with Crippen molar-refractivity contribution in [3.8, 4) is 0 Å². The van der Waals surface area contributed by atoms with Crippen LogP contribution in [0.2, 0.25) is 0 Å². The quantitative estimate of drug-likeness (QED) is 0.660. The minimum Gasteiger partial charge on any atom is -0.366 e. The Morgan fingerprint density at radius 2 is 2.08 bits per heavy atom. The van der Waals surface area contributed by atoms with Gasteiger partial charge in [-0.1, -0.05) is 24.6 Å². The molecule has 4 fully saturated rings. The van der Waals surface area contributed by atoms with Crippen LogP contribution in [0.5, 0.6) is 0 Å². The lowest BCUT2D eigenvalue weighted by atomic mass is 9.48. The average molecular weight is 338 g/mol. The van der Waals surface area contributed by atoms with Crippen molar-refractivity contribution in [3.63, 3.8) is 0 Å². The van der Waals surface area contributed by atoms with Gasteiger partial charge in [-0.05, 0) is 93.0 Å². The van der Waals surface area contributed by atoms with Gasteiger partial charge < -0.3 is 10.1 Å². The highest BCUT2D eigenvalue weighted by molar-refractivity contribution is 5.93. The molecule has 8 atom stereocenters. The number of hydrogen-bond acceptors (Lipinski definition) is 2. The molecule has 5 unspecified atom stereocenters. The van der Waals surface area contributed by atoms with Crippen LogP contribution in [0.1, 0.15) is 58.3 Å². The van der Waals surface area contributed by atoms with Crippen LogP contribution in [0.25, 0.3) is 0 Å². The Labute approximate surface area is 151 Å². The summed E-state index contributed by atoms with van der Waals surface area (Å²) >= 11 is 0. The summed E-state index contributed by atoms with van der Waals surface area (Å²) in [6, 6.07) is 0. The molecular formula is C23H31NO. The first-order valence-corrected chi connectivity index (χ1v) is 10.8. The van der Waals surface area contributed by atoms with Crippen LogP contribution in [0.15, 0.2) is 23.8 Å². The van der Waals surface area contributed by atoms with E-state index in [1.807, 2.05) is 0 Å². The topological polar surface area (TPSA) is 33.1 Å². The third kappa shape index (κ3) is 1.69. The maximum atomic E-state index is 8.07. The van der Waals surface area contributed by atoms with Crippen molar-refractivity contribution in [2.45, 2.75) is 63.9 Å². The Morgan fingerprint density at radius 1 is 1.16 bits per heavy atom. The van der Waals surface area contributed by atoms with Gasteiger partial charge in [0.05, 0.1) is 12.2 Å². The van der Waals surface area contributed by atoms with E-state index in [-0.39, 0.29) is 5.60 Å². The van der Waals surface area contributed by atoms with Gasteiger partial charge in [0.1, 0.15) is 0 Å². The molecule has 0 aromatic heterocycles. The Bertz CT molecular complexity index is 692. The van der Waals surface area contributed by atoms with E-state index in [0.717, 1.165) is 54.2 Å². The number of rotatable bonds is 1. The second-order valence-corrected chi connectivity index (χ2v) is 9.84. The first-order chi connectivity index (χ1) is 12.2. The van der Waals surface area contributed by atoms with Crippen molar-refractivity contribution < 1.29 is 4.74 Å². The molecule has 0 bridgehead atoms. The van der Waals surface area contributed by atoms with Crippen LogP contribution >= 0.6 is 0 Å². The van der Waals surface area contributed by atoms with E-state index in [4.69, 9.17) is 10.1 Å². The van der Waals surface area contributed by atoms with Crippen molar-refractivity contribution in [2.75, 3.05) is 6.61 Å². The van der Waals surface area contributed by atoms with Crippen LogP contribution in [-0.4, -0.2) is 17.9 Å². The molecule has 1 aliphatic heterocycles. The van der Waals surface area contributed by atoms with Crippen molar-refractivity contribution in [1.29, 1.82) is 5.41 Å². The standard InChI is InChI=1S/C23H31NO/c1-2-22-10-8-17-16-7-5-15(24)12-14(16)4-6-18(17)21(22)19-13-20(19)23(22)9-3-11-25-23/h3,9,12,16-21,24H,2,4-8,10-11,13H2,1H3/t16-,17?,18?,19?,20?,21?,22-,23-/m0/s1. The Hall–Kier alpha value is -0.890. The van der Waals surface area contributed by atoms with Gasteiger partial charge in [-0.3, -0.25) is 0 Å². The lowest BCUT2D eigenvalue weighted by molar-refractivity contribution is -0.142. The molecule has 25 heavy (non-hydrogen) atoms. The average Bonchev–Trinajstić information content (AvgIpc) is 3.20. The van der Waals surface area contributed by atoms with E-state index in [0.29, 0.717) is 5.41 Å². The van der Waals surface area contributed by atoms with Crippen LogP contribution in [0.4, 0.5) is 0 Å². The van der Waals surface area contributed by atoms with E-state index in [1.54, 1.807) is 5.57 Å². The van der Waals surface area contributed by atoms with Gasteiger partial charge in [-0.25, -0.2) is 0 Å². The summed E-state index contributed by atoms with van der Waals surface area (Å²) in [6.45, 7) is 3.30. The van der Waals surface area contributed by atoms with E-state index in [9.17, 15) is 0 Å². The monoisotopic (exact) mass is 337 g/mol. The first kappa shape index (κ1) is 15.2. The predicted octanol–water partition coefficient (Wildman–Crippen LogP) is 5.15. The van der Waals surface area contributed by atoms with Gasteiger partial charge >= 0.3 is 0 Å². The minimum atomic E-state index is 0.104. The highest BCUT2D eigenvalue weighted by Gasteiger charge is 2.77. The van der Waals surface area contributed by atoms with Gasteiger partial charge in [0, 0.05) is 11.1 Å². The maximum Gasteiger partial charge on any atom is 0.0957 e. The summed E-state index contributed by atoms with van der Waals surface area (Å²) < 4.78 is 6.57. The molecule has 2 heteroatoms. The van der Waals surface area contributed by atoms with E-state index >= 15 is 0 Å². The highest BCUT2D eigenvalue weighted by atomic mass is 16.5. The van der Waals surface area contributed by atoms with Crippen LogP contribution in [0.3, 0.4) is 0 Å². The Morgan fingerprint density at radius 3 is 2.88 bits per heavy atom. The first-order valence-electron chi connectivity index (χ1n) is 10.8. The molecule has 0 aromatic rings. The van der Waals surface area contributed by atoms with Gasteiger partial charge in [-0.15, -0.1) is 0 Å². The maximum absolute atomic E-state index is 8.07. The highest BCUT2D eigenvalue weighted by Crippen LogP contribution is 2.78. The molecule has 5 aliphatic carbocycles. The molecule has 1 N–H and O–H groups in total. The number of ether oxygens (including phenoxy) is 1. The fourth-order valence-corrected chi connectivity index (χ4v) is 8.70. The van der Waals surface area contributed by atoms with Crippen molar-refractivity contribution >= 4 is 5.71 Å². The molecule has 134 valence electrons. The molecule has 0 radical (unpaired) electrons. The molecule has 1 heterocycles. The normalized spacial score (nSPS) is 55.4. The van der Waals surface area contributed by atoms with E-state index < -0.39 is 0 Å². The largest absolute Gasteiger partial charge is 0.366 e. The van der Waals surface area contributed by atoms with E-state index in [1.165, 1.54) is 44.9 Å². The van der Waals surface area contributed by atoms with Crippen LogP contribution in [-0.2, 0) is 4.74 Å². The smallest absolute Gasteiger partial charge is 0.0957 e. The van der Waals surface area contributed by atoms with Crippen molar-refractivity contribution in [1.82, 2.24) is 0 Å². The van der Waals surface area contributed by atoms with Gasteiger partial charge in [-0.2, -0.15) is 0 Å². The third-order valence-electron chi connectivity index (χ3n) is 9.46. The fraction of sp³-hybridized carbons (Fsp3) is 0.783. The molecule has 1 spiro atoms. The molecule has 0 amide bonds. The minimum absolute atomic E-state index is 0.104. The number of allylic oxidation sites excluding steroid dienone is 2. The van der Waals surface area contributed by atoms with Gasteiger partial charge in [0.25, 0.3) is 0 Å². The van der Waals surface area contributed by atoms with Crippen LogP contribution in [0, 0.1) is 46.3 Å². The molecule has 0 saturated heterocycles.